The maximum atomic E-state index is 12.4. The normalized spacial score (nSPS) is 13.4. The van der Waals surface area contributed by atoms with Crippen LogP contribution in [0.3, 0.4) is 0 Å². The molecular weight excluding hydrogens is 308 g/mol. The number of esters is 1. The maximum Gasteiger partial charge on any atom is 0.314 e. The molecule has 0 N–H and O–H groups in total. The quantitative estimate of drug-likeness (QED) is 0.792. The molecule has 5 heteroatoms. The van der Waals surface area contributed by atoms with Gasteiger partial charge >= 0.3 is 5.97 Å². The Morgan fingerprint density at radius 1 is 1.19 bits per heavy atom. The summed E-state index contributed by atoms with van der Waals surface area (Å²) in [7, 11) is 0.00220. The van der Waals surface area contributed by atoms with Crippen molar-refractivity contribution < 1.29 is 13.7 Å². The molecular formula is C16H15ClO3S. The number of hydrogen-bond acceptors (Lipinski definition) is 3. The topological polar surface area (TPSA) is 43.4 Å². The van der Waals surface area contributed by atoms with Gasteiger partial charge in [0.05, 0.1) is 23.8 Å². The zero-order valence-corrected chi connectivity index (χ0v) is 13.1. The van der Waals surface area contributed by atoms with Crippen molar-refractivity contribution in [2.24, 2.45) is 0 Å². The van der Waals surface area contributed by atoms with Crippen molar-refractivity contribution in [1.82, 2.24) is 0 Å². The number of rotatable bonds is 5. The summed E-state index contributed by atoms with van der Waals surface area (Å²) in [4.78, 5) is 12.6. The molecule has 2 aromatic carbocycles. The highest BCUT2D eigenvalue weighted by molar-refractivity contribution is 7.85. The Bertz CT molecular complexity index is 643. The van der Waals surface area contributed by atoms with Crippen molar-refractivity contribution in [3.05, 3.63) is 65.2 Å². The molecule has 2 atom stereocenters. The van der Waals surface area contributed by atoms with Crippen LogP contribution in [0.5, 0.6) is 0 Å². The van der Waals surface area contributed by atoms with Gasteiger partial charge in [0.2, 0.25) is 0 Å². The molecule has 110 valence electrons. The molecule has 0 bridgehead atoms. The Hall–Kier alpha value is -1.65. The van der Waals surface area contributed by atoms with Gasteiger partial charge in [-0.2, -0.15) is 0 Å². The van der Waals surface area contributed by atoms with Gasteiger partial charge in [0.15, 0.2) is 0 Å². The van der Waals surface area contributed by atoms with Gasteiger partial charge in [-0.05, 0) is 23.8 Å². The van der Waals surface area contributed by atoms with Crippen LogP contribution in [0, 0.1) is 0 Å². The fourth-order valence-corrected chi connectivity index (χ4v) is 3.55. The molecule has 0 aliphatic heterocycles. The highest BCUT2D eigenvalue weighted by atomic mass is 35.5. The molecule has 0 saturated carbocycles. The van der Waals surface area contributed by atoms with Crippen LogP contribution >= 0.6 is 11.6 Å². The zero-order valence-electron chi connectivity index (χ0n) is 11.5. The third-order valence-corrected chi connectivity index (χ3v) is 4.72. The lowest BCUT2D eigenvalue weighted by molar-refractivity contribution is -0.141. The Labute approximate surface area is 131 Å². The van der Waals surface area contributed by atoms with Gasteiger partial charge in [0.25, 0.3) is 0 Å². The number of halogens is 1. The van der Waals surface area contributed by atoms with Crippen molar-refractivity contribution in [2.75, 3.05) is 12.9 Å². The number of carbonyl (C=O) groups excluding carboxylic acids is 1. The highest BCUT2D eigenvalue weighted by Crippen LogP contribution is 2.22. The number of carbonyl (C=O) groups is 1. The van der Waals surface area contributed by atoms with E-state index in [-0.39, 0.29) is 5.75 Å². The summed E-state index contributed by atoms with van der Waals surface area (Å²) in [5, 5.41) is 0.523. The lowest BCUT2D eigenvalue weighted by Gasteiger charge is -2.14. The van der Waals surface area contributed by atoms with Gasteiger partial charge in [0, 0.05) is 15.7 Å². The van der Waals surface area contributed by atoms with Gasteiger partial charge in [-0.25, -0.2) is 0 Å². The molecule has 0 aromatic heterocycles. The van der Waals surface area contributed by atoms with Crippen LogP contribution in [-0.2, 0) is 20.3 Å². The molecule has 2 rings (SSSR count). The van der Waals surface area contributed by atoms with Gasteiger partial charge in [-0.15, -0.1) is 0 Å². The third-order valence-electron chi connectivity index (χ3n) is 3.06. The van der Waals surface area contributed by atoms with E-state index < -0.39 is 22.7 Å². The van der Waals surface area contributed by atoms with Crippen molar-refractivity contribution >= 4 is 28.4 Å². The standard InChI is InChI=1S/C16H15ClO3S/c1-20-16(18)15(12-6-3-2-4-7-12)11-21(19)14-9-5-8-13(17)10-14/h2-10,15H,11H2,1H3. The smallest absolute Gasteiger partial charge is 0.314 e. The second-order valence-corrected chi connectivity index (χ2v) is 6.39. The monoisotopic (exact) mass is 322 g/mol. The summed E-state index contributed by atoms with van der Waals surface area (Å²) in [5.74, 6) is -0.788. The van der Waals surface area contributed by atoms with E-state index in [9.17, 15) is 9.00 Å². The average molecular weight is 323 g/mol. The van der Waals surface area contributed by atoms with E-state index in [1.807, 2.05) is 30.3 Å². The number of methoxy groups -OCH3 is 1. The summed E-state index contributed by atoms with van der Waals surface area (Å²) in [5.41, 5.74) is 0.791. The number of ether oxygens (including phenoxy) is 1. The minimum absolute atomic E-state index is 0.164. The largest absolute Gasteiger partial charge is 0.469 e. The first-order chi connectivity index (χ1) is 10.1. The van der Waals surface area contributed by atoms with Gasteiger partial charge in [0.1, 0.15) is 0 Å². The molecule has 0 radical (unpaired) electrons. The van der Waals surface area contributed by atoms with Crippen LogP contribution in [-0.4, -0.2) is 23.0 Å². The van der Waals surface area contributed by atoms with Crippen LogP contribution in [0.2, 0.25) is 5.02 Å². The maximum absolute atomic E-state index is 12.4. The van der Waals surface area contributed by atoms with E-state index in [0.717, 1.165) is 5.56 Å². The number of benzene rings is 2. The molecule has 0 aliphatic rings. The molecule has 0 amide bonds. The van der Waals surface area contributed by atoms with Crippen LogP contribution in [0.25, 0.3) is 0 Å². The molecule has 2 aromatic rings. The van der Waals surface area contributed by atoms with E-state index in [4.69, 9.17) is 16.3 Å². The minimum atomic E-state index is -1.33. The van der Waals surface area contributed by atoms with Crippen LogP contribution in [0.1, 0.15) is 11.5 Å². The van der Waals surface area contributed by atoms with Crippen LogP contribution in [0.4, 0.5) is 0 Å². The van der Waals surface area contributed by atoms with E-state index in [1.54, 1.807) is 24.3 Å². The van der Waals surface area contributed by atoms with E-state index in [0.29, 0.717) is 9.92 Å². The fourth-order valence-electron chi connectivity index (χ4n) is 1.98. The predicted molar refractivity (Wildman–Crippen MR) is 83.9 cm³/mol. The molecule has 0 fully saturated rings. The number of hydrogen-bond donors (Lipinski definition) is 0. The lowest BCUT2D eigenvalue weighted by atomic mass is 10.0. The highest BCUT2D eigenvalue weighted by Gasteiger charge is 2.24. The van der Waals surface area contributed by atoms with Gasteiger partial charge < -0.3 is 4.74 Å². The van der Waals surface area contributed by atoms with Gasteiger partial charge in [-0.3, -0.25) is 9.00 Å². The molecule has 0 saturated heterocycles. The summed E-state index contributed by atoms with van der Waals surface area (Å²) < 4.78 is 17.3. The van der Waals surface area contributed by atoms with Crippen LogP contribution in [0.15, 0.2) is 59.5 Å². The fraction of sp³-hybridized carbons (Fsp3) is 0.188. The van der Waals surface area contributed by atoms with E-state index >= 15 is 0 Å². The minimum Gasteiger partial charge on any atom is -0.469 e. The molecule has 3 nitrogen and oxygen atoms in total. The molecule has 0 spiro atoms. The van der Waals surface area contributed by atoms with E-state index in [1.165, 1.54) is 7.11 Å². The Kier molecular flexibility index (Phi) is 5.53. The molecule has 21 heavy (non-hydrogen) atoms. The predicted octanol–water partition coefficient (Wildman–Crippen LogP) is 3.40. The second kappa shape index (κ2) is 7.38. The molecule has 0 aliphatic carbocycles. The SMILES string of the molecule is COC(=O)C(CS(=O)c1cccc(Cl)c1)c1ccccc1. The summed E-state index contributed by atoms with van der Waals surface area (Å²) in [6.07, 6.45) is 0. The van der Waals surface area contributed by atoms with E-state index in [2.05, 4.69) is 0 Å². The zero-order chi connectivity index (χ0) is 15.2. The summed E-state index contributed by atoms with van der Waals surface area (Å²) in [6.45, 7) is 0. The molecule has 2 unspecified atom stereocenters. The first-order valence-electron chi connectivity index (χ1n) is 6.38. The Morgan fingerprint density at radius 2 is 1.90 bits per heavy atom. The van der Waals surface area contributed by atoms with Crippen molar-refractivity contribution in [2.45, 2.75) is 10.8 Å². The third kappa shape index (κ3) is 4.16. The average Bonchev–Trinajstić information content (AvgIpc) is 2.52. The van der Waals surface area contributed by atoms with Crippen molar-refractivity contribution in [3.63, 3.8) is 0 Å². The first-order valence-corrected chi connectivity index (χ1v) is 8.08. The second-order valence-electron chi connectivity index (χ2n) is 4.46. The lowest BCUT2D eigenvalue weighted by Crippen LogP contribution is -2.20. The molecule has 0 heterocycles. The van der Waals surface area contributed by atoms with Crippen molar-refractivity contribution in [3.8, 4) is 0 Å². The summed E-state index contributed by atoms with van der Waals surface area (Å²) >= 11 is 5.91. The summed E-state index contributed by atoms with van der Waals surface area (Å²) in [6, 6.07) is 16.1. The first kappa shape index (κ1) is 15.7. The Balaban J connectivity index is 2.23. The van der Waals surface area contributed by atoms with Gasteiger partial charge in [-0.1, -0.05) is 48.0 Å². The van der Waals surface area contributed by atoms with Crippen molar-refractivity contribution in [1.29, 1.82) is 0 Å². The Morgan fingerprint density at radius 3 is 2.52 bits per heavy atom. The van der Waals surface area contributed by atoms with Crippen LogP contribution < -0.4 is 0 Å².